The molecule has 3 aromatic rings. The summed E-state index contributed by atoms with van der Waals surface area (Å²) in [7, 11) is -1.37. The average Bonchev–Trinajstić information content (AvgIpc) is 2.61. The van der Waals surface area contributed by atoms with Crippen LogP contribution in [0.4, 0.5) is 0 Å². The van der Waals surface area contributed by atoms with Crippen LogP contribution in [-0.2, 0) is 4.57 Å². The lowest BCUT2D eigenvalue weighted by Crippen LogP contribution is -2.26. The van der Waals surface area contributed by atoms with Crippen LogP contribution in [0.15, 0.2) is 78.9 Å². The fourth-order valence-electron chi connectivity index (χ4n) is 2.78. The molecule has 23 heavy (non-hydrogen) atoms. The van der Waals surface area contributed by atoms with Gasteiger partial charge in [0, 0.05) is 10.6 Å². The highest BCUT2D eigenvalue weighted by Crippen LogP contribution is 2.45. The van der Waals surface area contributed by atoms with Crippen LogP contribution in [0.3, 0.4) is 0 Å². The van der Waals surface area contributed by atoms with Gasteiger partial charge in [0.1, 0.15) is 5.75 Å². The molecular formula is C20H19O2P. The van der Waals surface area contributed by atoms with E-state index in [-0.39, 0.29) is 0 Å². The van der Waals surface area contributed by atoms with Gasteiger partial charge in [0.2, 0.25) is 0 Å². The second-order valence-corrected chi connectivity index (χ2v) is 8.19. The first kappa shape index (κ1) is 15.6. The van der Waals surface area contributed by atoms with Gasteiger partial charge in [0.05, 0.1) is 12.4 Å². The van der Waals surface area contributed by atoms with Crippen molar-refractivity contribution < 1.29 is 9.30 Å². The van der Waals surface area contributed by atoms with Crippen molar-refractivity contribution in [3.8, 4) is 5.75 Å². The van der Waals surface area contributed by atoms with Gasteiger partial charge in [-0.15, -0.1) is 0 Å². The van der Waals surface area contributed by atoms with E-state index in [2.05, 4.69) is 0 Å². The molecule has 0 bridgehead atoms. The van der Waals surface area contributed by atoms with Gasteiger partial charge in [-0.25, -0.2) is 0 Å². The summed E-state index contributed by atoms with van der Waals surface area (Å²) in [4.78, 5) is 0. The van der Waals surface area contributed by atoms with E-state index in [9.17, 15) is 4.57 Å². The van der Waals surface area contributed by atoms with Crippen molar-refractivity contribution in [1.82, 2.24) is 0 Å². The van der Waals surface area contributed by atoms with Crippen molar-refractivity contribution in [3.05, 3.63) is 84.4 Å². The fourth-order valence-corrected chi connectivity index (χ4v) is 5.68. The number of hydrogen-bond donors (Lipinski definition) is 0. The first-order valence-corrected chi connectivity index (χ1v) is 9.23. The summed E-state index contributed by atoms with van der Waals surface area (Å²) in [5.74, 6) is 0.654. The zero-order valence-corrected chi connectivity index (χ0v) is 14.2. The topological polar surface area (TPSA) is 26.3 Å². The number of benzene rings is 3. The lowest BCUT2D eigenvalue weighted by molar-refractivity contribution is 0.418. The molecule has 0 amide bonds. The van der Waals surface area contributed by atoms with Crippen LogP contribution in [-0.4, -0.2) is 7.11 Å². The minimum Gasteiger partial charge on any atom is -0.496 e. The van der Waals surface area contributed by atoms with Crippen LogP contribution in [0.5, 0.6) is 5.75 Å². The predicted octanol–water partition coefficient (Wildman–Crippen LogP) is 3.64. The highest BCUT2D eigenvalue weighted by molar-refractivity contribution is 7.85. The number of methoxy groups -OCH3 is 1. The second-order valence-electron chi connectivity index (χ2n) is 5.46. The standard InChI is InChI=1S/C20H19O2P/c1-16-9-8-12-18(15-16)23(21,17-10-4-3-5-11-17)20-14-7-6-13-19(20)22-2/h3-15H,1-2H3/t23-/m0/s1. The van der Waals surface area contributed by atoms with Gasteiger partial charge in [0.25, 0.3) is 0 Å². The molecule has 0 saturated carbocycles. The quantitative estimate of drug-likeness (QED) is 0.686. The van der Waals surface area contributed by atoms with E-state index in [0.29, 0.717) is 5.75 Å². The Balaban J connectivity index is 2.33. The summed E-state index contributed by atoms with van der Waals surface area (Å²) in [5.41, 5.74) is 1.09. The average molecular weight is 322 g/mol. The normalized spacial score (nSPS) is 13.3. The maximum Gasteiger partial charge on any atom is 0.174 e. The number of hydrogen-bond acceptors (Lipinski definition) is 2. The smallest absolute Gasteiger partial charge is 0.174 e. The minimum absolute atomic E-state index is 0.654. The Labute approximate surface area is 137 Å². The van der Waals surface area contributed by atoms with E-state index in [1.807, 2.05) is 85.8 Å². The molecule has 0 aromatic heterocycles. The second kappa shape index (κ2) is 6.44. The van der Waals surface area contributed by atoms with Crippen molar-refractivity contribution in [2.24, 2.45) is 0 Å². The molecule has 2 nitrogen and oxygen atoms in total. The van der Waals surface area contributed by atoms with E-state index in [1.165, 1.54) is 0 Å². The highest BCUT2D eigenvalue weighted by atomic mass is 31.2. The van der Waals surface area contributed by atoms with Crippen molar-refractivity contribution in [3.63, 3.8) is 0 Å². The van der Waals surface area contributed by atoms with E-state index in [1.54, 1.807) is 7.11 Å². The van der Waals surface area contributed by atoms with Crippen LogP contribution in [0.25, 0.3) is 0 Å². The molecule has 0 aliphatic heterocycles. The van der Waals surface area contributed by atoms with E-state index in [0.717, 1.165) is 21.5 Å². The molecule has 1 atom stereocenters. The van der Waals surface area contributed by atoms with Gasteiger partial charge in [0.15, 0.2) is 7.14 Å². The molecule has 0 radical (unpaired) electrons. The third kappa shape index (κ3) is 2.83. The maximum absolute atomic E-state index is 14.3. The van der Waals surface area contributed by atoms with Crippen LogP contribution in [0.2, 0.25) is 0 Å². The monoisotopic (exact) mass is 322 g/mol. The molecule has 3 heteroatoms. The Hall–Kier alpha value is -2.31. The summed E-state index contributed by atoms with van der Waals surface area (Å²) in [6, 6.07) is 25.1. The van der Waals surface area contributed by atoms with Gasteiger partial charge in [-0.05, 0) is 25.1 Å². The lowest BCUT2D eigenvalue weighted by atomic mass is 10.2. The number of rotatable bonds is 4. The summed E-state index contributed by atoms with van der Waals surface area (Å²) in [5, 5.41) is 2.38. The van der Waals surface area contributed by atoms with Crippen molar-refractivity contribution in [1.29, 1.82) is 0 Å². The van der Waals surface area contributed by atoms with E-state index in [4.69, 9.17) is 4.74 Å². The molecule has 0 fully saturated rings. The Morgan fingerprint density at radius 3 is 2.13 bits per heavy atom. The van der Waals surface area contributed by atoms with Crippen molar-refractivity contribution in [2.75, 3.05) is 7.11 Å². The van der Waals surface area contributed by atoms with Crippen LogP contribution < -0.4 is 20.7 Å². The number of ether oxygens (including phenoxy) is 1. The first-order chi connectivity index (χ1) is 11.2. The molecule has 0 unspecified atom stereocenters. The Kier molecular flexibility index (Phi) is 4.36. The molecule has 3 aromatic carbocycles. The van der Waals surface area contributed by atoms with Crippen LogP contribution >= 0.6 is 7.14 Å². The zero-order chi connectivity index (χ0) is 16.3. The molecule has 0 heterocycles. The van der Waals surface area contributed by atoms with Gasteiger partial charge >= 0.3 is 0 Å². The van der Waals surface area contributed by atoms with Crippen LogP contribution in [0.1, 0.15) is 5.56 Å². The third-order valence-corrected chi connectivity index (χ3v) is 6.99. The molecule has 0 N–H and O–H groups in total. The van der Waals surface area contributed by atoms with Crippen molar-refractivity contribution >= 4 is 23.1 Å². The molecule has 0 spiro atoms. The predicted molar refractivity (Wildman–Crippen MR) is 97.1 cm³/mol. The maximum atomic E-state index is 14.3. The zero-order valence-electron chi connectivity index (χ0n) is 13.3. The molecule has 3 rings (SSSR count). The Morgan fingerprint density at radius 2 is 1.43 bits per heavy atom. The molecule has 0 aliphatic rings. The summed E-state index contributed by atoms with van der Waals surface area (Å²) >= 11 is 0. The summed E-state index contributed by atoms with van der Waals surface area (Å²) < 4.78 is 19.8. The molecule has 0 saturated heterocycles. The molecule has 116 valence electrons. The first-order valence-electron chi connectivity index (χ1n) is 7.53. The molecule has 0 aliphatic carbocycles. The number of aryl methyl sites for hydroxylation is 1. The Bertz CT molecular complexity index is 856. The van der Waals surface area contributed by atoms with Gasteiger partial charge in [-0.1, -0.05) is 66.2 Å². The largest absolute Gasteiger partial charge is 0.496 e. The van der Waals surface area contributed by atoms with Gasteiger partial charge in [-0.3, -0.25) is 0 Å². The minimum atomic E-state index is -2.98. The van der Waals surface area contributed by atoms with Crippen molar-refractivity contribution in [2.45, 2.75) is 6.92 Å². The molecular weight excluding hydrogens is 303 g/mol. The highest BCUT2D eigenvalue weighted by Gasteiger charge is 2.32. The summed E-state index contributed by atoms with van der Waals surface area (Å²) in [6.45, 7) is 2.01. The Morgan fingerprint density at radius 1 is 0.783 bits per heavy atom. The summed E-state index contributed by atoms with van der Waals surface area (Å²) in [6.07, 6.45) is 0. The van der Waals surface area contributed by atoms with Crippen LogP contribution in [0, 0.1) is 6.92 Å². The fraction of sp³-hybridized carbons (Fsp3) is 0.100. The van der Waals surface area contributed by atoms with E-state index < -0.39 is 7.14 Å². The van der Waals surface area contributed by atoms with E-state index >= 15 is 0 Å². The lowest BCUT2D eigenvalue weighted by Gasteiger charge is -2.22. The SMILES string of the molecule is COc1ccccc1[P@](=O)(c1ccccc1)c1cccc(C)c1. The third-order valence-electron chi connectivity index (χ3n) is 3.91. The van der Waals surface area contributed by atoms with Gasteiger partial charge in [-0.2, -0.15) is 0 Å². The number of para-hydroxylation sites is 1. The van der Waals surface area contributed by atoms with Gasteiger partial charge < -0.3 is 9.30 Å².